The number of nitrogens with one attached hydrogen (secondary N) is 1. The second-order valence-electron chi connectivity index (χ2n) is 14.3. The Bertz CT molecular complexity index is 995. The molecule has 1 N–H and O–H groups in total. The molecule has 15 heteroatoms. The zero-order valence-corrected chi connectivity index (χ0v) is 31.3. The Labute approximate surface area is 285 Å². The number of carbonyl (C=O) groups is 5. The van der Waals surface area contributed by atoms with E-state index >= 15 is 0 Å². The van der Waals surface area contributed by atoms with Crippen molar-refractivity contribution in [2.75, 3.05) is 77.5 Å². The van der Waals surface area contributed by atoms with Crippen LogP contribution in [-0.4, -0.2) is 150 Å². The van der Waals surface area contributed by atoms with Crippen LogP contribution in [0.1, 0.15) is 75.7 Å². The molecule has 1 fully saturated rings. The van der Waals surface area contributed by atoms with Crippen molar-refractivity contribution in [3.8, 4) is 0 Å². The van der Waals surface area contributed by atoms with Crippen LogP contribution in [0.5, 0.6) is 0 Å². The van der Waals surface area contributed by atoms with Gasteiger partial charge in [0, 0.05) is 52.4 Å². The van der Waals surface area contributed by atoms with Crippen molar-refractivity contribution in [1.82, 2.24) is 24.9 Å². The van der Waals surface area contributed by atoms with Gasteiger partial charge in [-0.15, -0.1) is 0 Å². The number of esters is 1. The van der Waals surface area contributed by atoms with E-state index < -0.39 is 47.1 Å². The van der Waals surface area contributed by atoms with E-state index in [1.54, 1.807) is 81.0 Å². The summed E-state index contributed by atoms with van der Waals surface area (Å²) in [6.07, 6.45) is 0.647. The fourth-order valence-corrected chi connectivity index (χ4v) is 4.78. The van der Waals surface area contributed by atoms with Gasteiger partial charge >= 0.3 is 24.2 Å². The lowest BCUT2D eigenvalue weighted by Gasteiger charge is -2.35. The predicted octanol–water partition coefficient (Wildman–Crippen LogP) is 3.81. The summed E-state index contributed by atoms with van der Waals surface area (Å²) in [4.78, 5) is 71.8. The van der Waals surface area contributed by atoms with E-state index in [4.69, 9.17) is 18.9 Å². The van der Waals surface area contributed by atoms with Crippen molar-refractivity contribution >= 4 is 41.9 Å². The molecule has 0 saturated carbocycles. The topological polar surface area (TPSA) is 147 Å². The van der Waals surface area contributed by atoms with Crippen molar-refractivity contribution in [2.24, 2.45) is 0 Å². The Kier molecular flexibility index (Phi) is 17.2. The van der Waals surface area contributed by atoms with E-state index in [0.29, 0.717) is 12.2 Å². The molecule has 1 atom stereocenters. The van der Waals surface area contributed by atoms with Gasteiger partial charge in [-0.2, -0.15) is 11.8 Å². The normalized spacial score (nSPS) is 16.7. The van der Waals surface area contributed by atoms with Crippen LogP contribution in [0.15, 0.2) is 0 Å². The Morgan fingerprint density at radius 1 is 0.660 bits per heavy atom. The van der Waals surface area contributed by atoms with Crippen LogP contribution in [-0.2, 0) is 28.5 Å². The summed E-state index contributed by atoms with van der Waals surface area (Å²) in [5.41, 5.74) is -2.25. The van der Waals surface area contributed by atoms with Gasteiger partial charge in [-0.25, -0.2) is 19.2 Å². The van der Waals surface area contributed by atoms with Crippen LogP contribution < -0.4 is 5.32 Å². The molecule has 0 aliphatic carbocycles. The number of nitrogens with zero attached hydrogens (tertiary/aromatic N) is 4. The van der Waals surface area contributed by atoms with Gasteiger partial charge < -0.3 is 39.0 Å². The summed E-state index contributed by atoms with van der Waals surface area (Å²) >= 11 is 1.56. The number of ether oxygens (including phenoxy) is 4. The number of thioether (sulfide) groups is 1. The average Bonchev–Trinajstić information content (AvgIpc) is 2.89. The summed E-state index contributed by atoms with van der Waals surface area (Å²) in [5, 5.41) is 2.80. The molecule has 0 aromatic carbocycles. The number of carbonyl (C=O) groups excluding carboxylic acids is 5. The standard InChI is InChI=1S/C32H59N5O9S/c1-12-43-26(39)24(13-22-47-11)33-25(38)23-34-14-16-35(27(40)44-30(2,3)4)18-20-37(29(42)46-32(8,9)10)21-19-36(17-15-34)28(41)45-31(5,6)7/h24H,12-23H2,1-11H3,(H,33,38). The first kappa shape index (κ1) is 42.1. The van der Waals surface area contributed by atoms with Gasteiger partial charge in [0.25, 0.3) is 0 Å². The molecule has 0 radical (unpaired) electrons. The fourth-order valence-electron chi connectivity index (χ4n) is 4.31. The van der Waals surface area contributed by atoms with Gasteiger partial charge in [-0.1, -0.05) is 0 Å². The minimum absolute atomic E-state index is 0.0937. The number of rotatable bonds is 8. The van der Waals surface area contributed by atoms with Gasteiger partial charge in [-0.3, -0.25) is 9.69 Å². The van der Waals surface area contributed by atoms with Crippen molar-refractivity contribution in [2.45, 2.75) is 98.5 Å². The highest BCUT2D eigenvalue weighted by atomic mass is 32.2. The van der Waals surface area contributed by atoms with E-state index in [1.165, 1.54) is 14.7 Å². The minimum Gasteiger partial charge on any atom is -0.464 e. The number of hydrogen-bond acceptors (Lipinski definition) is 11. The summed E-state index contributed by atoms with van der Waals surface area (Å²) < 4.78 is 22.1. The van der Waals surface area contributed by atoms with Crippen LogP contribution in [0.2, 0.25) is 0 Å². The molecule has 1 heterocycles. The van der Waals surface area contributed by atoms with Crippen molar-refractivity contribution in [3.63, 3.8) is 0 Å². The highest BCUT2D eigenvalue weighted by Crippen LogP contribution is 2.15. The number of hydrogen-bond donors (Lipinski definition) is 1. The van der Waals surface area contributed by atoms with Crippen molar-refractivity contribution in [3.05, 3.63) is 0 Å². The average molecular weight is 690 g/mol. The summed E-state index contributed by atoms with van der Waals surface area (Å²) in [7, 11) is 0. The first-order valence-electron chi connectivity index (χ1n) is 16.2. The SMILES string of the molecule is CCOC(=O)C(CCSC)NC(=O)CN1CCN(C(=O)OC(C)(C)C)CCN(C(=O)OC(C)(C)C)CCN(C(=O)OC(C)(C)C)CC1. The molecule has 1 aliphatic heterocycles. The maximum atomic E-state index is 13.3. The third-order valence-electron chi connectivity index (χ3n) is 6.49. The third kappa shape index (κ3) is 18.3. The van der Waals surface area contributed by atoms with Crippen LogP contribution in [0.4, 0.5) is 14.4 Å². The molecule has 4 amide bonds. The quantitative estimate of drug-likeness (QED) is 0.293. The lowest BCUT2D eigenvalue weighted by molar-refractivity contribution is -0.147. The summed E-state index contributed by atoms with van der Waals surface area (Å²) in [6, 6.07) is -0.794. The van der Waals surface area contributed by atoms with Gasteiger partial charge in [0.2, 0.25) is 5.91 Å². The molecule has 1 aliphatic rings. The first-order chi connectivity index (χ1) is 21.6. The molecule has 1 unspecified atom stereocenters. The van der Waals surface area contributed by atoms with E-state index in [-0.39, 0.29) is 71.4 Å². The zero-order chi connectivity index (χ0) is 36.0. The molecule has 1 saturated heterocycles. The Balaban J connectivity index is 3.36. The molecule has 0 aromatic rings. The molecule has 1 rings (SSSR count). The van der Waals surface area contributed by atoms with Gasteiger partial charge in [0.15, 0.2) is 0 Å². The lowest BCUT2D eigenvalue weighted by Crippen LogP contribution is -2.53. The van der Waals surface area contributed by atoms with Gasteiger partial charge in [-0.05, 0) is 87.7 Å². The van der Waals surface area contributed by atoms with Crippen LogP contribution >= 0.6 is 11.8 Å². The van der Waals surface area contributed by atoms with Crippen LogP contribution in [0, 0.1) is 0 Å². The van der Waals surface area contributed by atoms with E-state index in [2.05, 4.69) is 5.32 Å². The zero-order valence-electron chi connectivity index (χ0n) is 30.4. The maximum absolute atomic E-state index is 13.3. The number of amides is 4. The fraction of sp³-hybridized carbons (Fsp3) is 0.844. The Morgan fingerprint density at radius 2 is 1.02 bits per heavy atom. The largest absolute Gasteiger partial charge is 0.464 e. The predicted molar refractivity (Wildman–Crippen MR) is 181 cm³/mol. The second kappa shape index (κ2) is 19.2. The van der Waals surface area contributed by atoms with Gasteiger partial charge in [0.05, 0.1) is 13.2 Å². The monoisotopic (exact) mass is 689 g/mol. The highest BCUT2D eigenvalue weighted by Gasteiger charge is 2.30. The lowest BCUT2D eigenvalue weighted by atomic mass is 10.2. The second-order valence-corrected chi connectivity index (χ2v) is 15.3. The molecule has 272 valence electrons. The summed E-state index contributed by atoms with van der Waals surface area (Å²) in [5.74, 6) is -0.228. The maximum Gasteiger partial charge on any atom is 0.410 e. The first-order valence-corrected chi connectivity index (χ1v) is 17.6. The molecule has 0 aromatic heterocycles. The van der Waals surface area contributed by atoms with E-state index in [1.807, 2.05) is 11.2 Å². The Hall–Kier alpha value is -2.94. The molecule has 47 heavy (non-hydrogen) atoms. The molecule has 0 bridgehead atoms. The molecular formula is C32H59N5O9S. The Morgan fingerprint density at radius 3 is 1.34 bits per heavy atom. The summed E-state index contributed by atoms with van der Waals surface area (Å²) in [6.45, 7) is 19.1. The van der Waals surface area contributed by atoms with E-state index in [9.17, 15) is 24.0 Å². The van der Waals surface area contributed by atoms with Crippen molar-refractivity contribution < 1.29 is 42.9 Å². The van der Waals surface area contributed by atoms with Crippen LogP contribution in [0.25, 0.3) is 0 Å². The highest BCUT2D eigenvalue weighted by molar-refractivity contribution is 7.98. The smallest absolute Gasteiger partial charge is 0.410 e. The molecular weight excluding hydrogens is 630 g/mol. The van der Waals surface area contributed by atoms with Crippen LogP contribution in [0.3, 0.4) is 0 Å². The minimum atomic E-state index is -0.794. The third-order valence-corrected chi connectivity index (χ3v) is 7.14. The van der Waals surface area contributed by atoms with Crippen molar-refractivity contribution in [1.29, 1.82) is 0 Å². The molecule has 14 nitrogen and oxygen atoms in total. The van der Waals surface area contributed by atoms with Gasteiger partial charge in [0.1, 0.15) is 22.8 Å². The van der Waals surface area contributed by atoms with E-state index in [0.717, 1.165) is 0 Å². The molecule has 0 spiro atoms.